The standard InChI is InChI=1S/C25H34N2O2/c1-17(2)19-7-11-21(12-8-19)23(28)26-15-25(5,6)16-27-24(29)22-13-9-20(10-14-22)18(3)4/h7-14,17-18H,15-16H2,1-6H3,(H,26,28)(H,27,29). The molecule has 0 aliphatic carbocycles. The first kappa shape index (κ1) is 22.7. The Morgan fingerprint density at radius 1 is 0.690 bits per heavy atom. The van der Waals surface area contributed by atoms with Crippen molar-refractivity contribution in [2.24, 2.45) is 5.41 Å². The lowest BCUT2D eigenvalue weighted by molar-refractivity contribution is 0.0920. The van der Waals surface area contributed by atoms with Crippen LogP contribution in [0.3, 0.4) is 0 Å². The zero-order valence-electron chi connectivity index (χ0n) is 18.5. The van der Waals surface area contributed by atoms with Gasteiger partial charge in [-0.05, 0) is 52.6 Å². The average molecular weight is 395 g/mol. The zero-order chi connectivity index (χ0) is 21.6. The molecular weight excluding hydrogens is 360 g/mol. The predicted molar refractivity (Wildman–Crippen MR) is 120 cm³/mol. The minimum Gasteiger partial charge on any atom is -0.351 e. The fraction of sp³-hybridized carbons (Fsp3) is 0.440. The van der Waals surface area contributed by atoms with Crippen molar-refractivity contribution in [2.75, 3.05) is 13.1 Å². The van der Waals surface area contributed by atoms with Crippen molar-refractivity contribution in [3.05, 3.63) is 70.8 Å². The summed E-state index contributed by atoms with van der Waals surface area (Å²) in [5, 5.41) is 5.96. The van der Waals surface area contributed by atoms with Gasteiger partial charge in [0.1, 0.15) is 0 Å². The van der Waals surface area contributed by atoms with Gasteiger partial charge in [0.2, 0.25) is 0 Å². The number of rotatable bonds is 8. The van der Waals surface area contributed by atoms with E-state index in [0.717, 1.165) is 0 Å². The molecule has 0 aliphatic heterocycles. The van der Waals surface area contributed by atoms with Gasteiger partial charge in [-0.3, -0.25) is 9.59 Å². The number of nitrogens with one attached hydrogen (secondary N) is 2. The molecule has 0 aliphatic rings. The van der Waals surface area contributed by atoms with Crippen molar-refractivity contribution < 1.29 is 9.59 Å². The number of benzene rings is 2. The summed E-state index contributed by atoms with van der Waals surface area (Å²) in [4.78, 5) is 24.8. The summed E-state index contributed by atoms with van der Waals surface area (Å²) in [5.74, 6) is 0.695. The second-order valence-corrected chi connectivity index (χ2v) is 9.08. The first-order valence-electron chi connectivity index (χ1n) is 10.4. The Kier molecular flexibility index (Phi) is 7.60. The van der Waals surface area contributed by atoms with Gasteiger partial charge in [0.15, 0.2) is 0 Å². The quantitative estimate of drug-likeness (QED) is 0.653. The molecule has 0 radical (unpaired) electrons. The van der Waals surface area contributed by atoms with Crippen molar-refractivity contribution >= 4 is 11.8 Å². The van der Waals surface area contributed by atoms with Gasteiger partial charge in [-0.25, -0.2) is 0 Å². The molecule has 0 unspecified atom stereocenters. The Morgan fingerprint density at radius 3 is 1.28 bits per heavy atom. The summed E-state index contributed by atoms with van der Waals surface area (Å²) in [6, 6.07) is 15.4. The molecule has 0 bridgehead atoms. The highest BCUT2D eigenvalue weighted by Crippen LogP contribution is 2.17. The van der Waals surface area contributed by atoms with E-state index in [0.29, 0.717) is 36.1 Å². The van der Waals surface area contributed by atoms with Crippen LogP contribution in [-0.2, 0) is 0 Å². The molecule has 2 amide bonds. The van der Waals surface area contributed by atoms with E-state index < -0.39 is 0 Å². The molecule has 2 rings (SSSR count). The molecule has 0 heterocycles. The number of carbonyl (C=O) groups excluding carboxylic acids is 2. The van der Waals surface area contributed by atoms with E-state index in [1.165, 1.54) is 11.1 Å². The molecule has 2 aromatic carbocycles. The maximum atomic E-state index is 12.4. The van der Waals surface area contributed by atoms with Gasteiger partial charge >= 0.3 is 0 Å². The number of hydrogen-bond acceptors (Lipinski definition) is 2. The smallest absolute Gasteiger partial charge is 0.251 e. The van der Waals surface area contributed by atoms with E-state index in [9.17, 15) is 9.59 Å². The molecular formula is C25H34N2O2. The van der Waals surface area contributed by atoms with Crippen LogP contribution in [0, 0.1) is 5.41 Å². The molecule has 4 nitrogen and oxygen atoms in total. The zero-order valence-corrected chi connectivity index (χ0v) is 18.5. The van der Waals surface area contributed by atoms with Gasteiger partial charge in [0.25, 0.3) is 11.8 Å². The summed E-state index contributed by atoms with van der Waals surface area (Å²) in [6.45, 7) is 13.5. The Bertz CT molecular complexity index is 749. The molecule has 0 saturated carbocycles. The first-order valence-corrected chi connectivity index (χ1v) is 10.4. The van der Waals surface area contributed by atoms with Crippen LogP contribution in [0.5, 0.6) is 0 Å². The molecule has 4 heteroatoms. The maximum Gasteiger partial charge on any atom is 0.251 e. The van der Waals surface area contributed by atoms with Gasteiger partial charge in [-0.15, -0.1) is 0 Å². The van der Waals surface area contributed by atoms with Gasteiger partial charge in [-0.2, -0.15) is 0 Å². The first-order chi connectivity index (χ1) is 13.6. The molecule has 0 fully saturated rings. The Morgan fingerprint density at radius 2 is 1.00 bits per heavy atom. The minimum atomic E-state index is -0.263. The molecule has 2 aromatic rings. The van der Waals surface area contributed by atoms with E-state index in [4.69, 9.17) is 0 Å². The minimum absolute atomic E-state index is 0.0935. The van der Waals surface area contributed by atoms with Crippen LogP contribution in [0.1, 0.15) is 85.2 Å². The molecule has 0 aromatic heterocycles. The highest BCUT2D eigenvalue weighted by atomic mass is 16.2. The SMILES string of the molecule is CC(C)c1ccc(C(=O)NCC(C)(C)CNC(=O)c2ccc(C(C)C)cc2)cc1. The van der Waals surface area contributed by atoms with Crippen molar-refractivity contribution in [3.8, 4) is 0 Å². The van der Waals surface area contributed by atoms with Crippen LogP contribution in [0.25, 0.3) is 0 Å². The van der Waals surface area contributed by atoms with E-state index >= 15 is 0 Å². The third kappa shape index (κ3) is 6.74. The fourth-order valence-corrected chi connectivity index (χ4v) is 2.94. The van der Waals surface area contributed by atoms with E-state index in [-0.39, 0.29) is 17.2 Å². The molecule has 0 atom stereocenters. The summed E-state index contributed by atoms with van der Waals surface area (Å²) >= 11 is 0. The van der Waals surface area contributed by atoms with Crippen LogP contribution in [-0.4, -0.2) is 24.9 Å². The molecule has 0 saturated heterocycles. The van der Waals surface area contributed by atoms with E-state index in [2.05, 4.69) is 38.3 Å². The largest absolute Gasteiger partial charge is 0.351 e. The third-order valence-electron chi connectivity index (χ3n) is 5.13. The Labute approximate surface area is 175 Å². The Balaban J connectivity index is 1.85. The van der Waals surface area contributed by atoms with Gasteiger partial charge in [0.05, 0.1) is 0 Å². The molecule has 2 N–H and O–H groups in total. The summed E-state index contributed by atoms with van der Waals surface area (Å²) in [7, 11) is 0. The summed E-state index contributed by atoms with van der Waals surface area (Å²) in [5.41, 5.74) is 3.47. The number of hydrogen-bond donors (Lipinski definition) is 2. The Hall–Kier alpha value is -2.62. The van der Waals surface area contributed by atoms with E-state index in [1.807, 2.05) is 62.4 Å². The lowest BCUT2D eigenvalue weighted by atomic mass is 9.93. The van der Waals surface area contributed by atoms with E-state index in [1.54, 1.807) is 0 Å². The van der Waals surface area contributed by atoms with Crippen molar-refractivity contribution in [3.63, 3.8) is 0 Å². The molecule has 156 valence electrons. The van der Waals surface area contributed by atoms with Crippen molar-refractivity contribution in [2.45, 2.75) is 53.4 Å². The monoisotopic (exact) mass is 394 g/mol. The maximum absolute atomic E-state index is 12.4. The lowest BCUT2D eigenvalue weighted by Gasteiger charge is -2.25. The normalized spacial score (nSPS) is 11.6. The van der Waals surface area contributed by atoms with Crippen molar-refractivity contribution in [1.29, 1.82) is 0 Å². The number of carbonyl (C=O) groups is 2. The fourth-order valence-electron chi connectivity index (χ4n) is 2.94. The third-order valence-corrected chi connectivity index (χ3v) is 5.13. The van der Waals surface area contributed by atoms with Crippen LogP contribution in [0.4, 0.5) is 0 Å². The van der Waals surface area contributed by atoms with Crippen LogP contribution in [0.2, 0.25) is 0 Å². The molecule has 0 spiro atoms. The van der Waals surface area contributed by atoms with Gasteiger partial charge in [0, 0.05) is 24.2 Å². The number of amides is 2. The van der Waals surface area contributed by atoms with Crippen LogP contribution >= 0.6 is 0 Å². The second kappa shape index (κ2) is 9.73. The lowest BCUT2D eigenvalue weighted by Crippen LogP contribution is -2.42. The van der Waals surface area contributed by atoms with Crippen molar-refractivity contribution in [1.82, 2.24) is 10.6 Å². The van der Waals surface area contributed by atoms with Crippen LogP contribution < -0.4 is 10.6 Å². The molecule has 29 heavy (non-hydrogen) atoms. The highest BCUT2D eigenvalue weighted by Gasteiger charge is 2.21. The predicted octanol–water partition coefficient (Wildman–Crippen LogP) is 5.12. The average Bonchev–Trinajstić information content (AvgIpc) is 2.70. The topological polar surface area (TPSA) is 58.2 Å². The van der Waals surface area contributed by atoms with Crippen LogP contribution in [0.15, 0.2) is 48.5 Å². The highest BCUT2D eigenvalue weighted by molar-refractivity contribution is 5.94. The second-order valence-electron chi connectivity index (χ2n) is 9.08. The van der Waals surface area contributed by atoms with Gasteiger partial charge in [-0.1, -0.05) is 65.8 Å². The summed E-state index contributed by atoms with van der Waals surface area (Å²) in [6.07, 6.45) is 0. The summed E-state index contributed by atoms with van der Waals surface area (Å²) < 4.78 is 0. The van der Waals surface area contributed by atoms with Gasteiger partial charge < -0.3 is 10.6 Å².